The fourth-order valence-electron chi connectivity index (χ4n) is 2.59. The molecule has 4 nitrogen and oxygen atoms in total. The van der Waals surface area contributed by atoms with E-state index in [-0.39, 0.29) is 0 Å². The van der Waals surface area contributed by atoms with E-state index in [1.165, 1.54) is 5.56 Å². The molecule has 0 N–H and O–H groups in total. The first kappa shape index (κ1) is 18.0. The van der Waals surface area contributed by atoms with Crippen LogP contribution in [0.1, 0.15) is 5.56 Å². The van der Waals surface area contributed by atoms with Gasteiger partial charge < -0.3 is 4.74 Å². The Kier molecular flexibility index (Phi) is 6.28. The number of para-hydroxylation sites is 1. The zero-order chi connectivity index (χ0) is 18.2. The largest absolute Gasteiger partial charge is 0.496 e. The van der Waals surface area contributed by atoms with Crippen LogP contribution in [-0.4, -0.2) is 27.6 Å². The van der Waals surface area contributed by atoms with Gasteiger partial charge in [0.1, 0.15) is 5.75 Å². The molecule has 1 heterocycles. The predicted octanol–water partition coefficient (Wildman–Crippen LogP) is 4.95. The van der Waals surface area contributed by atoms with Gasteiger partial charge in [0, 0.05) is 12.3 Å². The van der Waals surface area contributed by atoms with Gasteiger partial charge in [-0.1, -0.05) is 72.5 Å². The molecule has 3 rings (SSSR count). The third kappa shape index (κ3) is 4.24. The van der Waals surface area contributed by atoms with Crippen molar-refractivity contribution in [2.45, 2.75) is 11.7 Å². The maximum absolute atomic E-state index is 5.46. The summed E-state index contributed by atoms with van der Waals surface area (Å²) in [6.07, 6.45) is 6.10. The van der Waals surface area contributed by atoms with Crippen LogP contribution in [0.15, 0.2) is 78.5 Å². The Morgan fingerprint density at radius 3 is 2.62 bits per heavy atom. The highest BCUT2D eigenvalue weighted by Crippen LogP contribution is 2.30. The van der Waals surface area contributed by atoms with Crippen LogP contribution in [0.2, 0.25) is 0 Å². The third-order valence-corrected chi connectivity index (χ3v) is 4.71. The molecule has 0 fully saturated rings. The van der Waals surface area contributed by atoms with Crippen molar-refractivity contribution in [3.8, 4) is 17.1 Å². The van der Waals surface area contributed by atoms with Gasteiger partial charge in [0.15, 0.2) is 11.0 Å². The summed E-state index contributed by atoms with van der Waals surface area (Å²) in [5.41, 5.74) is 2.12. The minimum atomic E-state index is 0.644. The van der Waals surface area contributed by atoms with Gasteiger partial charge in [-0.05, 0) is 17.7 Å². The quantitative estimate of drug-likeness (QED) is 0.419. The van der Waals surface area contributed by atoms with E-state index in [9.17, 15) is 0 Å². The molecular weight excluding hydrogens is 342 g/mol. The lowest BCUT2D eigenvalue weighted by Crippen LogP contribution is -2.01. The van der Waals surface area contributed by atoms with Gasteiger partial charge in [-0.3, -0.25) is 4.57 Å². The van der Waals surface area contributed by atoms with E-state index in [0.29, 0.717) is 6.54 Å². The number of rotatable bonds is 8. The zero-order valence-electron chi connectivity index (χ0n) is 14.7. The standard InChI is InChI=1S/C21H21N3OS/c1-3-15-24-20(18-13-7-8-14-19(18)25-2)22-23-21(24)26-16-9-12-17-10-5-4-6-11-17/h3-14H,1,15-16H2,2H3. The van der Waals surface area contributed by atoms with Crippen molar-refractivity contribution < 1.29 is 4.74 Å². The number of hydrogen-bond acceptors (Lipinski definition) is 4. The Hall–Kier alpha value is -2.79. The molecule has 1 aromatic heterocycles. The van der Waals surface area contributed by atoms with Gasteiger partial charge in [-0.25, -0.2) is 0 Å². The summed E-state index contributed by atoms with van der Waals surface area (Å²) in [6, 6.07) is 18.1. The average Bonchev–Trinajstić information content (AvgIpc) is 3.09. The number of ether oxygens (including phenoxy) is 1. The van der Waals surface area contributed by atoms with E-state index < -0.39 is 0 Å². The Bertz CT molecular complexity index is 887. The average molecular weight is 363 g/mol. The molecular formula is C21H21N3OS. The summed E-state index contributed by atoms with van der Waals surface area (Å²) in [4.78, 5) is 0. The summed E-state index contributed by atoms with van der Waals surface area (Å²) >= 11 is 1.65. The molecule has 0 atom stereocenters. The molecule has 0 spiro atoms. The van der Waals surface area contributed by atoms with E-state index in [1.54, 1.807) is 18.9 Å². The minimum Gasteiger partial charge on any atom is -0.496 e. The van der Waals surface area contributed by atoms with Crippen molar-refractivity contribution in [3.05, 3.63) is 78.9 Å². The lowest BCUT2D eigenvalue weighted by Gasteiger charge is -2.10. The molecule has 0 unspecified atom stereocenters. The molecule has 2 aromatic carbocycles. The van der Waals surface area contributed by atoms with Gasteiger partial charge in [0.25, 0.3) is 0 Å². The molecule has 0 aliphatic carbocycles. The number of methoxy groups -OCH3 is 1. The van der Waals surface area contributed by atoms with Crippen molar-refractivity contribution in [2.24, 2.45) is 0 Å². The van der Waals surface area contributed by atoms with Crippen molar-refractivity contribution in [2.75, 3.05) is 12.9 Å². The first-order valence-corrected chi connectivity index (χ1v) is 9.34. The molecule has 0 aliphatic rings. The van der Waals surface area contributed by atoms with Crippen molar-refractivity contribution >= 4 is 17.8 Å². The summed E-state index contributed by atoms with van der Waals surface area (Å²) in [5.74, 6) is 2.39. The van der Waals surface area contributed by atoms with Crippen molar-refractivity contribution in [1.29, 1.82) is 0 Å². The highest BCUT2D eigenvalue weighted by molar-refractivity contribution is 7.99. The highest BCUT2D eigenvalue weighted by Gasteiger charge is 2.16. The number of hydrogen-bond donors (Lipinski definition) is 0. The molecule has 5 heteroatoms. The normalized spacial score (nSPS) is 11.0. The van der Waals surface area contributed by atoms with Gasteiger partial charge in [-0.15, -0.1) is 16.8 Å². The van der Waals surface area contributed by atoms with E-state index in [4.69, 9.17) is 4.74 Å². The lowest BCUT2D eigenvalue weighted by atomic mass is 10.2. The summed E-state index contributed by atoms with van der Waals surface area (Å²) < 4.78 is 7.53. The second-order valence-corrected chi connectivity index (χ2v) is 6.52. The maximum Gasteiger partial charge on any atom is 0.192 e. The molecule has 0 amide bonds. The molecule has 132 valence electrons. The molecule has 0 saturated heterocycles. The van der Waals surface area contributed by atoms with Crippen LogP contribution in [0.3, 0.4) is 0 Å². The summed E-state index contributed by atoms with van der Waals surface area (Å²) in [6.45, 7) is 4.50. The van der Waals surface area contributed by atoms with Crippen LogP contribution in [-0.2, 0) is 6.54 Å². The Labute approximate surface area is 158 Å². The van der Waals surface area contributed by atoms with Crippen LogP contribution in [0.4, 0.5) is 0 Å². The van der Waals surface area contributed by atoms with Crippen LogP contribution in [0, 0.1) is 0 Å². The van der Waals surface area contributed by atoms with Crippen LogP contribution in [0.25, 0.3) is 17.5 Å². The molecule has 0 bridgehead atoms. The number of thioether (sulfide) groups is 1. The first-order valence-electron chi connectivity index (χ1n) is 8.35. The second kappa shape index (κ2) is 9.06. The third-order valence-electron chi connectivity index (χ3n) is 3.79. The Morgan fingerprint density at radius 1 is 1.08 bits per heavy atom. The highest BCUT2D eigenvalue weighted by atomic mass is 32.2. The molecule has 26 heavy (non-hydrogen) atoms. The Balaban J connectivity index is 1.79. The van der Waals surface area contributed by atoms with E-state index in [0.717, 1.165) is 28.0 Å². The van der Waals surface area contributed by atoms with Crippen LogP contribution >= 0.6 is 11.8 Å². The van der Waals surface area contributed by atoms with Crippen molar-refractivity contribution in [1.82, 2.24) is 14.8 Å². The summed E-state index contributed by atoms with van der Waals surface area (Å²) in [5, 5.41) is 9.62. The van der Waals surface area contributed by atoms with Gasteiger partial charge in [-0.2, -0.15) is 0 Å². The molecule has 0 aliphatic heterocycles. The van der Waals surface area contributed by atoms with Crippen molar-refractivity contribution in [3.63, 3.8) is 0 Å². The first-order chi connectivity index (χ1) is 12.8. The summed E-state index contributed by atoms with van der Waals surface area (Å²) in [7, 11) is 1.66. The zero-order valence-corrected chi connectivity index (χ0v) is 15.5. The smallest absolute Gasteiger partial charge is 0.192 e. The monoisotopic (exact) mass is 363 g/mol. The van der Waals surface area contributed by atoms with E-state index in [2.05, 4.69) is 45.6 Å². The minimum absolute atomic E-state index is 0.644. The molecule has 3 aromatic rings. The van der Waals surface area contributed by atoms with Gasteiger partial charge in [0.05, 0.1) is 12.7 Å². The van der Waals surface area contributed by atoms with Gasteiger partial charge >= 0.3 is 0 Å². The fourth-order valence-corrected chi connectivity index (χ4v) is 3.35. The van der Waals surface area contributed by atoms with Gasteiger partial charge in [0.2, 0.25) is 0 Å². The van der Waals surface area contributed by atoms with E-state index >= 15 is 0 Å². The predicted molar refractivity (Wildman–Crippen MR) is 108 cm³/mol. The topological polar surface area (TPSA) is 39.9 Å². The number of benzene rings is 2. The number of allylic oxidation sites excluding steroid dienone is 1. The van der Waals surface area contributed by atoms with E-state index in [1.807, 2.05) is 48.5 Å². The lowest BCUT2D eigenvalue weighted by molar-refractivity contribution is 0.416. The molecule has 0 radical (unpaired) electrons. The Morgan fingerprint density at radius 2 is 1.85 bits per heavy atom. The van der Waals surface area contributed by atoms with Crippen LogP contribution < -0.4 is 4.74 Å². The van der Waals surface area contributed by atoms with Crippen LogP contribution in [0.5, 0.6) is 5.75 Å². The molecule has 0 saturated carbocycles. The SMILES string of the molecule is C=CCn1c(SCC=Cc2ccccc2)nnc1-c1ccccc1OC. The number of aromatic nitrogens is 3. The number of nitrogens with zero attached hydrogens (tertiary/aromatic N) is 3. The fraction of sp³-hybridized carbons (Fsp3) is 0.143. The second-order valence-electron chi connectivity index (χ2n) is 5.53. The maximum atomic E-state index is 5.46.